The second-order valence-electron chi connectivity index (χ2n) is 5.15. The smallest absolute Gasteiger partial charge is 0.282 e. The second kappa shape index (κ2) is 5.42. The standard InChI is InChI=1S/C11H22N2O4S/c1-9-7-12(8-10(2)17-9)18(15,16)13(5-6-14)11-3-4-11/h9-11,14H,3-8H2,1-2H3. The van der Waals surface area contributed by atoms with E-state index in [1.165, 1.54) is 8.61 Å². The van der Waals surface area contributed by atoms with E-state index in [-0.39, 0.29) is 31.4 Å². The summed E-state index contributed by atoms with van der Waals surface area (Å²) in [5.41, 5.74) is 0. The highest BCUT2D eigenvalue weighted by molar-refractivity contribution is 7.86. The van der Waals surface area contributed by atoms with E-state index in [9.17, 15) is 8.42 Å². The molecule has 0 aromatic carbocycles. The third-order valence-corrected chi connectivity index (χ3v) is 5.31. The summed E-state index contributed by atoms with van der Waals surface area (Å²) in [5, 5.41) is 9.03. The maximum Gasteiger partial charge on any atom is 0.282 e. The van der Waals surface area contributed by atoms with E-state index in [2.05, 4.69) is 0 Å². The Hall–Kier alpha value is -0.210. The summed E-state index contributed by atoms with van der Waals surface area (Å²) >= 11 is 0. The highest BCUT2D eigenvalue weighted by Gasteiger charge is 2.42. The lowest BCUT2D eigenvalue weighted by Gasteiger charge is -2.37. The molecule has 2 fully saturated rings. The predicted molar refractivity (Wildman–Crippen MR) is 67.3 cm³/mol. The molecule has 0 bridgehead atoms. The van der Waals surface area contributed by atoms with E-state index >= 15 is 0 Å². The Morgan fingerprint density at radius 3 is 2.28 bits per heavy atom. The van der Waals surface area contributed by atoms with Gasteiger partial charge >= 0.3 is 0 Å². The quantitative estimate of drug-likeness (QED) is 0.756. The SMILES string of the molecule is CC1CN(S(=O)(=O)N(CCO)C2CC2)CC(C)O1. The Kier molecular flexibility index (Phi) is 4.28. The minimum absolute atomic E-state index is 0.0793. The number of hydrogen-bond acceptors (Lipinski definition) is 4. The van der Waals surface area contributed by atoms with Crippen molar-refractivity contribution in [3.8, 4) is 0 Å². The fraction of sp³-hybridized carbons (Fsp3) is 1.00. The van der Waals surface area contributed by atoms with Gasteiger partial charge in [-0.1, -0.05) is 0 Å². The van der Waals surface area contributed by atoms with Crippen LogP contribution in [0, 0.1) is 0 Å². The zero-order valence-corrected chi connectivity index (χ0v) is 11.8. The number of aliphatic hydroxyl groups excluding tert-OH is 1. The van der Waals surface area contributed by atoms with Crippen LogP contribution in [0.4, 0.5) is 0 Å². The van der Waals surface area contributed by atoms with Gasteiger partial charge in [0, 0.05) is 25.7 Å². The molecule has 0 aromatic rings. The summed E-state index contributed by atoms with van der Waals surface area (Å²) in [6.07, 6.45) is 1.63. The summed E-state index contributed by atoms with van der Waals surface area (Å²) in [5.74, 6) is 0. The molecule has 2 aliphatic rings. The van der Waals surface area contributed by atoms with Crippen molar-refractivity contribution in [3.05, 3.63) is 0 Å². The zero-order valence-electron chi connectivity index (χ0n) is 10.9. The molecule has 1 heterocycles. The molecule has 1 saturated heterocycles. The Balaban J connectivity index is 2.12. The van der Waals surface area contributed by atoms with E-state index in [0.29, 0.717) is 13.1 Å². The van der Waals surface area contributed by atoms with Crippen molar-refractivity contribution in [1.29, 1.82) is 0 Å². The molecule has 2 rings (SSSR count). The molecule has 2 unspecified atom stereocenters. The topological polar surface area (TPSA) is 70.1 Å². The molecular formula is C11H22N2O4S. The number of ether oxygens (including phenoxy) is 1. The molecule has 1 aliphatic carbocycles. The number of nitrogens with zero attached hydrogens (tertiary/aromatic N) is 2. The number of hydrogen-bond donors (Lipinski definition) is 1. The average Bonchev–Trinajstić information content (AvgIpc) is 3.08. The number of rotatable bonds is 5. The lowest BCUT2D eigenvalue weighted by Crippen LogP contribution is -2.54. The maximum absolute atomic E-state index is 12.5. The molecule has 0 amide bonds. The van der Waals surface area contributed by atoms with Crippen LogP contribution >= 0.6 is 0 Å². The van der Waals surface area contributed by atoms with Gasteiger partial charge in [-0.05, 0) is 26.7 Å². The van der Waals surface area contributed by atoms with Gasteiger partial charge in [-0.3, -0.25) is 0 Å². The first-order chi connectivity index (χ1) is 8.45. The van der Waals surface area contributed by atoms with Crippen molar-refractivity contribution < 1.29 is 18.3 Å². The van der Waals surface area contributed by atoms with Gasteiger partial charge in [-0.2, -0.15) is 17.0 Å². The third-order valence-electron chi connectivity index (χ3n) is 3.28. The van der Waals surface area contributed by atoms with E-state index in [0.717, 1.165) is 12.8 Å². The first-order valence-corrected chi connectivity index (χ1v) is 7.88. The van der Waals surface area contributed by atoms with Gasteiger partial charge in [0.25, 0.3) is 10.2 Å². The van der Waals surface area contributed by atoms with Crippen LogP contribution in [-0.4, -0.2) is 66.6 Å². The summed E-state index contributed by atoms with van der Waals surface area (Å²) < 4.78 is 33.5. The van der Waals surface area contributed by atoms with E-state index < -0.39 is 10.2 Å². The van der Waals surface area contributed by atoms with Crippen molar-refractivity contribution in [3.63, 3.8) is 0 Å². The summed E-state index contributed by atoms with van der Waals surface area (Å²) in [4.78, 5) is 0. The van der Waals surface area contributed by atoms with Gasteiger partial charge in [-0.25, -0.2) is 0 Å². The Morgan fingerprint density at radius 1 is 1.28 bits per heavy atom. The third kappa shape index (κ3) is 3.03. The van der Waals surface area contributed by atoms with Crippen LogP contribution in [0.15, 0.2) is 0 Å². The summed E-state index contributed by atoms with van der Waals surface area (Å²) in [6.45, 7) is 4.60. The van der Waals surface area contributed by atoms with Crippen molar-refractivity contribution in [2.75, 3.05) is 26.2 Å². The fourth-order valence-corrected chi connectivity index (χ4v) is 4.41. The van der Waals surface area contributed by atoms with Crippen molar-refractivity contribution in [2.45, 2.75) is 44.9 Å². The van der Waals surface area contributed by atoms with Crippen LogP contribution in [0.3, 0.4) is 0 Å². The first-order valence-electron chi connectivity index (χ1n) is 6.48. The lowest BCUT2D eigenvalue weighted by atomic mass is 10.3. The summed E-state index contributed by atoms with van der Waals surface area (Å²) in [7, 11) is -3.46. The molecular weight excluding hydrogens is 256 g/mol. The second-order valence-corrected chi connectivity index (χ2v) is 7.03. The molecule has 18 heavy (non-hydrogen) atoms. The van der Waals surface area contributed by atoms with Gasteiger partial charge in [0.1, 0.15) is 0 Å². The molecule has 1 N–H and O–H groups in total. The average molecular weight is 278 g/mol. The van der Waals surface area contributed by atoms with E-state index in [1.807, 2.05) is 13.8 Å². The monoisotopic (exact) mass is 278 g/mol. The van der Waals surface area contributed by atoms with Crippen molar-refractivity contribution in [2.24, 2.45) is 0 Å². The highest BCUT2D eigenvalue weighted by Crippen LogP contribution is 2.31. The maximum atomic E-state index is 12.5. The Morgan fingerprint density at radius 2 is 1.83 bits per heavy atom. The largest absolute Gasteiger partial charge is 0.395 e. The number of morpholine rings is 1. The Bertz CT molecular complexity index is 373. The highest BCUT2D eigenvalue weighted by atomic mass is 32.2. The van der Waals surface area contributed by atoms with Crippen LogP contribution in [0.1, 0.15) is 26.7 Å². The molecule has 1 saturated carbocycles. The van der Waals surface area contributed by atoms with E-state index in [1.54, 1.807) is 0 Å². The summed E-state index contributed by atoms with van der Waals surface area (Å²) in [6, 6.07) is 0.0793. The molecule has 0 spiro atoms. The van der Waals surface area contributed by atoms with Gasteiger partial charge in [0.2, 0.25) is 0 Å². The van der Waals surface area contributed by atoms with Crippen molar-refractivity contribution in [1.82, 2.24) is 8.61 Å². The van der Waals surface area contributed by atoms with Gasteiger partial charge in [-0.15, -0.1) is 0 Å². The molecule has 2 atom stereocenters. The molecule has 106 valence electrons. The van der Waals surface area contributed by atoms with Crippen LogP contribution in [0.5, 0.6) is 0 Å². The zero-order chi connectivity index (χ0) is 13.3. The van der Waals surface area contributed by atoms with Crippen LogP contribution in [0.2, 0.25) is 0 Å². The lowest BCUT2D eigenvalue weighted by molar-refractivity contribution is -0.0456. The molecule has 0 aromatic heterocycles. The number of aliphatic hydroxyl groups is 1. The molecule has 7 heteroatoms. The van der Waals surface area contributed by atoms with Gasteiger partial charge in [0.15, 0.2) is 0 Å². The van der Waals surface area contributed by atoms with Crippen LogP contribution in [0.25, 0.3) is 0 Å². The molecule has 0 radical (unpaired) electrons. The van der Waals surface area contributed by atoms with Gasteiger partial charge < -0.3 is 9.84 Å². The van der Waals surface area contributed by atoms with E-state index in [4.69, 9.17) is 9.84 Å². The Labute approximate surface area is 109 Å². The first kappa shape index (κ1) is 14.2. The molecule has 6 nitrogen and oxygen atoms in total. The minimum Gasteiger partial charge on any atom is -0.395 e. The predicted octanol–water partition coefficient (Wildman–Crippen LogP) is -0.203. The fourth-order valence-electron chi connectivity index (χ4n) is 2.41. The minimum atomic E-state index is -3.46. The molecule has 1 aliphatic heterocycles. The van der Waals surface area contributed by atoms with Crippen LogP contribution < -0.4 is 0 Å². The normalized spacial score (nSPS) is 30.9. The van der Waals surface area contributed by atoms with Gasteiger partial charge in [0.05, 0.1) is 18.8 Å². The van der Waals surface area contributed by atoms with Crippen LogP contribution in [-0.2, 0) is 14.9 Å². The van der Waals surface area contributed by atoms with Crippen molar-refractivity contribution >= 4 is 10.2 Å².